The Kier molecular flexibility index (Phi) is 4.75. The van der Waals surface area contributed by atoms with Gasteiger partial charge >= 0.3 is 0 Å². The van der Waals surface area contributed by atoms with Gasteiger partial charge in [0.25, 0.3) is 11.8 Å². The fourth-order valence-electron chi connectivity index (χ4n) is 3.66. The molecule has 2 aromatic carbocycles. The van der Waals surface area contributed by atoms with Crippen molar-refractivity contribution in [3.63, 3.8) is 0 Å². The predicted molar refractivity (Wildman–Crippen MR) is 103 cm³/mol. The quantitative estimate of drug-likeness (QED) is 0.770. The molecule has 0 saturated carbocycles. The fraction of sp³-hybridized carbons (Fsp3) is 0.238. The fourth-order valence-corrected chi connectivity index (χ4v) is 3.66. The van der Waals surface area contributed by atoms with Crippen LogP contribution in [0.2, 0.25) is 0 Å². The molecule has 2 N–H and O–H groups in total. The highest BCUT2D eigenvalue weighted by Gasteiger charge is 2.39. The van der Waals surface area contributed by atoms with E-state index < -0.39 is 11.9 Å². The number of amides is 4. The summed E-state index contributed by atoms with van der Waals surface area (Å²) in [5.41, 5.74) is 2.06. The number of para-hydroxylation sites is 1. The van der Waals surface area contributed by atoms with Crippen LogP contribution in [0.1, 0.15) is 39.1 Å². The summed E-state index contributed by atoms with van der Waals surface area (Å²) in [7, 11) is 1.49. The molecule has 2 aromatic rings. The second-order valence-electron chi connectivity index (χ2n) is 6.93. The first-order valence-electron chi connectivity index (χ1n) is 9.20. The van der Waals surface area contributed by atoms with Crippen LogP contribution in [0, 0.1) is 0 Å². The molecule has 148 valence electrons. The van der Waals surface area contributed by atoms with Gasteiger partial charge in [-0.3, -0.25) is 24.5 Å². The van der Waals surface area contributed by atoms with E-state index in [0.717, 1.165) is 5.56 Å². The molecule has 0 radical (unpaired) electrons. The van der Waals surface area contributed by atoms with E-state index in [1.807, 2.05) is 0 Å². The zero-order valence-electron chi connectivity index (χ0n) is 15.7. The number of ether oxygens (including phenoxy) is 1. The number of fused-ring (bicyclic) bond motifs is 1. The van der Waals surface area contributed by atoms with Gasteiger partial charge in [0.05, 0.1) is 12.7 Å². The first-order valence-corrected chi connectivity index (χ1v) is 9.20. The highest BCUT2D eigenvalue weighted by molar-refractivity contribution is 6.08. The predicted octanol–water partition coefficient (Wildman–Crippen LogP) is 1.71. The molecule has 0 aliphatic carbocycles. The number of nitrogens with zero attached hydrogens (tertiary/aromatic N) is 1. The van der Waals surface area contributed by atoms with E-state index in [2.05, 4.69) is 10.6 Å². The van der Waals surface area contributed by atoms with Gasteiger partial charge in [0.15, 0.2) is 0 Å². The maximum Gasteiger partial charge on any atom is 0.259 e. The van der Waals surface area contributed by atoms with E-state index in [4.69, 9.17) is 4.74 Å². The molecule has 0 aromatic heterocycles. The molecule has 4 amide bonds. The lowest BCUT2D eigenvalue weighted by Gasteiger charge is -2.29. The van der Waals surface area contributed by atoms with Crippen molar-refractivity contribution in [2.75, 3.05) is 12.4 Å². The topological polar surface area (TPSA) is 105 Å². The minimum absolute atomic E-state index is 0.205. The standard InChI is InChI=1S/C21H19N3O5/c1-29-17-5-3-2-4-14(17)19(26)22-13-7-6-12-11-24(21(28)15(12)10-13)16-8-9-18(25)23-20(16)27/h2-7,10,16H,8-9,11H2,1H3,(H,22,26)(H,23,25,27). The van der Waals surface area contributed by atoms with Gasteiger partial charge < -0.3 is 15.0 Å². The third-order valence-electron chi connectivity index (χ3n) is 5.14. The smallest absolute Gasteiger partial charge is 0.259 e. The SMILES string of the molecule is COc1ccccc1C(=O)Nc1ccc2c(c1)C(=O)N(C1CCC(=O)NC1=O)C2. The van der Waals surface area contributed by atoms with Gasteiger partial charge in [-0.15, -0.1) is 0 Å². The zero-order valence-corrected chi connectivity index (χ0v) is 15.7. The summed E-state index contributed by atoms with van der Waals surface area (Å²) < 4.78 is 5.21. The van der Waals surface area contributed by atoms with Crippen molar-refractivity contribution >= 4 is 29.3 Å². The first kappa shape index (κ1) is 18.7. The number of carbonyl (C=O) groups excluding carboxylic acids is 4. The molecular formula is C21H19N3O5. The van der Waals surface area contributed by atoms with Crippen LogP contribution in [0.4, 0.5) is 5.69 Å². The third kappa shape index (κ3) is 3.44. The van der Waals surface area contributed by atoms with Crippen molar-refractivity contribution < 1.29 is 23.9 Å². The van der Waals surface area contributed by atoms with Gasteiger partial charge in [-0.2, -0.15) is 0 Å². The van der Waals surface area contributed by atoms with E-state index >= 15 is 0 Å². The minimum Gasteiger partial charge on any atom is -0.496 e. The maximum atomic E-state index is 12.9. The van der Waals surface area contributed by atoms with Gasteiger partial charge in [0, 0.05) is 24.2 Å². The molecular weight excluding hydrogens is 374 g/mol. The highest BCUT2D eigenvalue weighted by atomic mass is 16.5. The Balaban J connectivity index is 1.53. The molecule has 1 saturated heterocycles. The van der Waals surface area contributed by atoms with Crippen LogP contribution in [-0.4, -0.2) is 41.7 Å². The number of benzene rings is 2. The summed E-state index contributed by atoms with van der Waals surface area (Å²) in [6.45, 7) is 0.293. The van der Waals surface area contributed by atoms with Crippen molar-refractivity contribution in [1.82, 2.24) is 10.2 Å². The van der Waals surface area contributed by atoms with Crippen molar-refractivity contribution in [3.8, 4) is 5.75 Å². The zero-order chi connectivity index (χ0) is 20.5. The number of hydrogen-bond acceptors (Lipinski definition) is 5. The van der Waals surface area contributed by atoms with Gasteiger partial charge in [-0.25, -0.2) is 0 Å². The van der Waals surface area contributed by atoms with Crippen LogP contribution in [0.5, 0.6) is 5.75 Å². The first-order chi connectivity index (χ1) is 14.0. The Hall–Kier alpha value is -3.68. The van der Waals surface area contributed by atoms with Gasteiger partial charge in [-0.05, 0) is 36.2 Å². The summed E-state index contributed by atoms with van der Waals surface area (Å²) in [5.74, 6) is -0.965. The van der Waals surface area contributed by atoms with Crippen LogP contribution in [0.15, 0.2) is 42.5 Å². The molecule has 4 rings (SSSR count). The number of rotatable bonds is 4. The molecule has 8 heteroatoms. The molecule has 2 heterocycles. The second kappa shape index (κ2) is 7.38. The number of nitrogens with one attached hydrogen (secondary N) is 2. The number of piperidine rings is 1. The summed E-state index contributed by atoms with van der Waals surface area (Å²) in [6, 6.07) is 11.3. The van der Waals surface area contributed by atoms with E-state index in [9.17, 15) is 19.2 Å². The Morgan fingerprint density at radius 3 is 2.72 bits per heavy atom. The van der Waals surface area contributed by atoms with Gasteiger partial charge in [0.2, 0.25) is 11.8 Å². The Labute approximate surface area is 166 Å². The van der Waals surface area contributed by atoms with Gasteiger partial charge in [-0.1, -0.05) is 18.2 Å². The monoisotopic (exact) mass is 393 g/mol. The molecule has 1 fully saturated rings. The molecule has 8 nitrogen and oxygen atoms in total. The number of hydrogen-bond donors (Lipinski definition) is 2. The summed E-state index contributed by atoms with van der Waals surface area (Å²) >= 11 is 0. The molecule has 0 spiro atoms. The van der Waals surface area contributed by atoms with Crippen LogP contribution < -0.4 is 15.4 Å². The van der Waals surface area contributed by atoms with Crippen LogP contribution >= 0.6 is 0 Å². The van der Waals surface area contributed by atoms with E-state index in [1.165, 1.54) is 12.0 Å². The van der Waals surface area contributed by atoms with Gasteiger partial charge in [0.1, 0.15) is 11.8 Å². The van der Waals surface area contributed by atoms with E-state index in [0.29, 0.717) is 35.5 Å². The Bertz CT molecular complexity index is 1030. The average molecular weight is 393 g/mol. The lowest BCUT2D eigenvalue weighted by atomic mass is 10.0. The Morgan fingerprint density at radius 1 is 1.17 bits per heavy atom. The molecule has 2 aliphatic heterocycles. The van der Waals surface area contributed by atoms with Crippen LogP contribution in [0.25, 0.3) is 0 Å². The molecule has 1 atom stereocenters. The summed E-state index contributed by atoms with van der Waals surface area (Å²) in [4.78, 5) is 50.4. The average Bonchev–Trinajstić information content (AvgIpc) is 3.04. The largest absolute Gasteiger partial charge is 0.496 e. The van der Waals surface area contributed by atoms with Crippen molar-refractivity contribution in [1.29, 1.82) is 0 Å². The molecule has 1 unspecified atom stereocenters. The van der Waals surface area contributed by atoms with E-state index in [1.54, 1.807) is 42.5 Å². The molecule has 0 bridgehead atoms. The lowest BCUT2D eigenvalue weighted by molar-refractivity contribution is -0.136. The van der Waals surface area contributed by atoms with Crippen LogP contribution in [-0.2, 0) is 16.1 Å². The Morgan fingerprint density at radius 2 is 1.97 bits per heavy atom. The second-order valence-corrected chi connectivity index (χ2v) is 6.93. The van der Waals surface area contributed by atoms with Crippen molar-refractivity contribution in [2.45, 2.75) is 25.4 Å². The molecule has 29 heavy (non-hydrogen) atoms. The number of anilines is 1. The van der Waals surface area contributed by atoms with Crippen molar-refractivity contribution in [3.05, 3.63) is 59.2 Å². The molecule has 2 aliphatic rings. The summed E-state index contributed by atoms with van der Waals surface area (Å²) in [5, 5.41) is 5.06. The minimum atomic E-state index is -0.667. The lowest BCUT2D eigenvalue weighted by Crippen LogP contribution is -2.52. The van der Waals surface area contributed by atoms with Crippen molar-refractivity contribution in [2.24, 2.45) is 0 Å². The number of imide groups is 1. The van der Waals surface area contributed by atoms with E-state index in [-0.39, 0.29) is 24.1 Å². The normalized spacial score (nSPS) is 18.3. The highest BCUT2D eigenvalue weighted by Crippen LogP contribution is 2.30. The number of carbonyl (C=O) groups is 4. The van der Waals surface area contributed by atoms with Crippen LogP contribution in [0.3, 0.4) is 0 Å². The number of methoxy groups -OCH3 is 1. The maximum absolute atomic E-state index is 12.9. The third-order valence-corrected chi connectivity index (χ3v) is 5.14. The summed E-state index contributed by atoms with van der Waals surface area (Å²) in [6.07, 6.45) is 0.512.